The number of rotatable bonds is 5. The molecule has 4 atom stereocenters. The number of carbonyl (C=O) groups is 1. The van der Waals surface area contributed by atoms with E-state index in [4.69, 9.17) is 0 Å². The molecule has 0 aliphatic heterocycles. The van der Waals surface area contributed by atoms with E-state index < -0.39 is 17.3 Å². The highest BCUT2D eigenvalue weighted by Gasteiger charge is 2.57. The second-order valence-corrected chi connectivity index (χ2v) is 9.62. The van der Waals surface area contributed by atoms with E-state index in [-0.39, 0.29) is 11.3 Å². The van der Waals surface area contributed by atoms with E-state index in [1.165, 1.54) is 18.6 Å². The fourth-order valence-electron chi connectivity index (χ4n) is 6.35. The van der Waals surface area contributed by atoms with Crippen LogP contribution < -0.4 is 0 Å². The number of alkyl halides is 3. The SMILES string of the molecule is CN(CCc1ccc(C(F)(F)F)cc1)C(=O)CC12CC3C[C@H](CC(O)(C3)C1)C2. The third kappa shape index (κ3) is 3.93. The maximum Gasteiger partial charge on any atom is 0.416 e. The molecule has 1 aromatic carbocycles. The van der Waals surface area contributed by atoms with E-state index >= 15 is 0 Å². The molecule has 0 saturated heterocycles. The van der Waals surface area contributed by atoms with E-state index in [1.807, 2.05) is 0 Å². The molecule has 3 unspecified atom stereocenters. The Labute approximate surface area is 163 Å². The van der Waals surface area contributed by atoms with Gasteiger partial charge in [-0.2, -0.15) is 13.2 Å². The zero-order valence-corrected chi connectivity index (χ0v) is 16.3. The molecule has 0 spiro atoms. The number of hydrogen-bond acceptors (Lipinski definition) is 2. The summed E-state index contributed by atoms with van der Waals surface area (Å²) in [5.74, 6) is 1.19. The maximum absolute atomic E-state index is 12.8. The number of likely N-dealkylation sites (N-methyl/N-ethyl adjacent to an activating group) is 1. The lowest BCUT2D eigenvalue weighted by Gasteiger charge is -2.60. The molecule has 3 nitrogen and oxygen atoms in total. The molecule has 0 heterocycles. The van der Waals surface area contributed by atoms with Crippen LogP contribution in [0.15, 0.2) is 24.3 Å². The fraction of sp³-hybridized carbons (Fsp3) is 0.682. The van der Waals surface area contributed by atoms with Crippen molar-refractivity contribution in [3.63, 3.8) is 0 Å². The highest BCUT2D eigenvalue weighted by Crippen LogP contribution is 2.62. The Kier molecular flexibility index (Phi) is 4.76. The van der Waals surface area contributed by atoms with Crippen LogP contribution >= 0.6 is 0 Å². The smallest absolute Gasteiger partial charge is 0.390 e. The number of carbonyl (C=O) groups excluding carboxylic acids is 1. The van der Waals surface area contributed by atoms with Crippen LogP contribution in [0, 0.1) is 17.3 Å². The summed E-state index contributed by atoms with van der Waals surface area (Å²) in [4.78, 5) is 14.5. The Bertz CT molecular complexity index is 729. The first kappa shape index (κ1) is 19.7. The van der Waals surface area contributed by atoms with Crippen molar-refractivity contribution in [2.45, 2.75) is 63.1 Å². The van der Waals surface area contributed by atoms with Crippen LogP contribution in [0.1, 0.15) is 56.1 Å². The van der Waals surface area contributed by atoms with Crippen LogP contribution in [-0.4, -0.2) is 35.1 Å². The number of hydrogen-bond donors (Lipinski definition) is 1. The normalized spacial score (nSPS) is 33.9. The summed E-state index contributed by atoms with van der Waals surface area (Å²) in [7, 11) is 1.77. The molecule has 0 radical (unpaired) electrons. The van der Waals surface area contributed by atoms with Crippen molar-refractivity contribution in [2.24, 2.45) is 17.3 Å². The molecule has 4 bridgehead atoms. The van der Waals surface area contributed by atoms with Crippen molar-refractivity contribution in [3.05, 3.63) is 35.4 Å². The zero-order valence-electron chi connectivity index (χ0n) is 16.3. The lowest BCUT2D eigenvalue weighted by Crippen LogP contribution is -2.56. The molecule has 5 rings (SSSR count). The van der Waals surface area contributed by atoms with Crippen LogP contribution in [0.2, 0.25) is 0 Å². The van der Waals surface area contributed by atoms with Gasteiger partial charge in [-0.05, 0) is 79.9 Å². The van der Waals surface area contributed by atoms with Gasteiger partial charge < -0.3 is 10.0 Å². The van der Waals surface area contributed by atoms with Gasteiger partial charge in [-0.15, -0.1) is 0 Å². The van der Waals surface area contributed by atoms with Gasteiger partial charge in [0, 0.05) is 20.0 Å². The summed E-state index contributed by atoms with van der Waals surface area (Å²) < 4.78 is 38.0. The average molecular weight is 395 g/mol. The highest BCUT2D eigenvalue weighted by molar-refractivity contribution is 5.76. The Hall–Kier alpha value is -1.56. The van der Waals surface area contributed by atoms with Gasteiger partial charge in [-0.1, -0.05) is 12.1 Å². The molecule has 1 aromatic rings. The number of benzene rings is 1. The quantitative estimate of drug-likeness (QED) is 0.801. The average Bonchev–Trinajstić information content (AvgIpc) is 2.56. The first-order valence-electron chi connectivity index (χ1n) is 10.2. The van der Waals surface area contributed by atoms with Gasteiger partial charge in [0.15, 0.2) is 0 Å². The number of amides is 1. The standard InChI is InChI=1S/C22H28F3NO2/c1-26(7-6-15-2-4-18(5-3-15)22(23,24)25)19(27)13-20-9-16-8-17(10-20)12-21(28,11-16)14-20/h2-5,16-17,28H,6-14H2,1H3/t16-,17?,20?,21?/m0/s1. The topological polar surface area (TPSA) is 40.5 Å². The molecular weight excluding hydrogens is 367 g/mol. The molecule has 28 heavy (non-hydrogen) atoms. The van der Waals surface area contributed by atoms with Crippen molar-refractivity contribution < 1.29 is 23.1 Å². The molecule has 4 aliphatic carbocycles. The van der Waals surface area contributed by atoms with E-state index in [0.717, 1.165) is 49.8 Å². The Balaban J connectivity index is 1.33. The second-order valence-electron chi connectivity index (χ2n) is 9.62. The van der Waals surface area contributed by atoms with Crippen molar-refractivity contribution in [1.29, 1.82) is 0 Å². The van der Waals surface area contributed by atoms with Crippen molar-refractivity contribution in [3.8, 4) is 0 Å². The number of nitrogens with zero attached hydrogens (tertiary/aromatic N) is 1. The minimum absolute atomic E-state index is 0.0570. The maximum atomic E-state index is 12.8. The summed E-state index contributed by atoms with van der Waals surface area (Å²) in [6.07, 6.45) is 2.50. The predicted molar refractivity (Wildman–Crippen MR) is 99.5 cm³/mol. The molecule has 4 saturated carbocycles. The van der Waals surface area contributed by atoms with Crippen LogP contribution in [-0.2, 0) is 17.4 Å². The van der Waals surface area contributed by atoms with Crippen LogP contribution in [0.3, 0.4) is 0 Å². The predicted octanol–water partition coefficient (Wildman–Crippen LogP) is 4.43. The Morgan fingerprint density at radius 3 is 2.29 bits per heavy atom. The Morgan fingerprint density at radius 1 is 1.14 bits per heavy atom. The summed E-state index contributed by atoms with van der Waals surface area (Å²) in [6.45, 7) is 0.484. The van der Waals surface area contributed by atoms with Crippen LogP contribution in [0.5, 0.6) is 0 Å². The largest absolute Gasteiger partial charge is 0.416 e. The third-order valence-electron chi connectivity index (χ3n) is 7.12. The summed E-state index contributed by atoms with van der Waals surface area (Å²) in [5, 5.41) is 10.8. The molecule has 6 heteroatoms. The molecule has 1 amide bonds. The summed E-state index contributed by atoms with van der Waals surface area (Å²) in [5.41, 5.74) is -0.487. The Morgan fingerprint density at radius 2 is 1.75 bits per heavy atom. The van der Waals surface area contributed by atoms with E-state index in [2.05, 4.69) is 0 Å². The van der Waals surface area contributed by atoms with Gasteiger partial charge in [0.1, 0.15) is 0 Å². The molecule has 154 valence electrons. The van der Waals surface area contributed by atoms with Gasteiger partial charge in [0.2, 0.25) is 5.91 Å². The van der Waals surface area contributed by atoms with E-state index in [0.29, 0.717) is 31.2 Å². The first-order valence-corrected chi connectivity index (χ1v) is 10.2. The number of halogens is 3. The lowest BCUT2D eigenvalue weighted by molar-refractivity contribution is -0.171. The van der Waals surface area contributed by atoms with Crippen molar-refractivity contribution in [1.82, 2.24) is 4.90 Å². The number of aliphatic hydroxyl groups is 1. The molecule has 4 aliphatic rings. The fourth-order valence-corrected chi connectivity index (χ4v) is 6.35. The van der Waals surface area contributed by atoms with Gasteiger partial charge >= 0.3 is 6.18 Å². The highest BCUT2D eigenvalue weighted by atomic mass is 19.4. The van der Waals surface area contributed by atoms with Gasteiger partial charge in [-0.3, -0.25) is 4.79 Å². The molecule has 0 aromatic heterocycles. The van der Waals surface area contributed by atoms with Crippen LogP contribution in [0.4, 0.5) is 13.2 Å². The minimum atomic E-state index is -4.33. The monoisotopic (exact) mass is 395 g/mol. The second kappa shape index (κ2) is 6.75. The van der Waals surface area contributed by atoms with E-state index in [9.17, 15) is 23.1 Å². The zero-order chi connectivity index (χ0) is 20.2. The van der Waals surface area contributed by atoms with Crippen LogP contribution in [0.25, 0.3) is 0 Å². The van der Waals surface area contributed by atoms with Gasteiger partial charge in [0.05, 0.1) is 11.2 Å². The lowest BCUT2D eigenvalue weighted by atomic mass is 9.47. The molecular formula is C22H28F3NO2. The van der Waals surface area contributed by atoms with Gasteiger partial charge in [-0.25, -0.2) is 0 Å². The van der Waals surface area contributed by atoms with Crippen molar-refractivity contribution in [2.75, 3.05) is 13.6 Å². The minimum Gasteiger partial charge on any atom is -0.390 e. The third-order valence-corrected chi connectivity index (χ3v) is 7.12. The summed E-state index contributed by atoms with van der Waals surface area (Å²) >= 11 is 0. The first-order chi connectivity index (χ1) is 13.1. The summed E-state index contributed by atoms with van der Waals surface area (Å²) in [6, 6.07) is 5.14. The molecule has 1 N–H and O–H groups in total. The van der Waals surface area contributed by atoms with Gasteiger partial charge in [0.25, 0.3) is 0 Å². The molecule has 4 fully saturated rings. The van der Waals surface area contributed by atoms with E-state index in [1.54, 1.807) is 11.9 Å². The van der Waals surface area contributed by atoms with Crippen molar-refractivity contribution >= 4 is 5.91 Å².